The summed E-state index contributed by atoms with van der Waals surface area (Å²) in [5, 5.41) is 6.50. The SMILES string of the molecule is Cc1nc(CCNC(=O)[C@H](N)CC(C)C)no1. The van der Waals surface area contributed by atoms with E-state index in [2.05, 4.69) is 15.5 Å². The number of hydrogen-bond acceptors (Lipinski definition) is 5. The van der Waals surface area contributed by atoms with Crippen molar-refractivity contribution in [3.8, 4) is 0 Å². The van der Waals surface area contributed by atoms with Gasteiger partial charge in [0.25, 0.3) is 0 Å². The van der Waals surface area contributed by atoms with E-state index >= 15 is 0 Å². The van der Waals surface area contributed by atoms with E-state index in [0.717, 1.165) is 0 Å². The van der Waals surface area contributed by atoms with Crippen molar-refractivity contribution < 1.29 is 9.32 Å². The molecule has 0 saturated heterocycles. The van der Waals surface area contributed by atoms with E-state index in [1.807, 2.05) is 13.8 Å². The normalized spacial score (nSPS) is 12.8. The Balaban J connectivity index is 2.24. The van der Waals surface area contributed by atoms with Gasteiger partial charge in [-0.25, -0.2) is 0 Å². The van der Waals surface area contributed by atoms with E-state index in [1.54, 1.807) is 6.92 Å². The minimum absolute atomic E-state index is 0.126. The Kier molecular flexibility index (Phi) is 5.09. The highest BCUT2D eigenvalue weighted by atomic mass is 16.5. The Morgan fingerprint density at radius 1 is 1.53 bits per heavy atom. The summed E-state index contributed by atoms with van der Waals surface area (Å²) in [4.78, 5) is 15.6. The van der Waals surface area contributed by atoms with Crippen LogP contribution in [-0.4, -0.2) is 28.6 Å². The van der Waals surface area contributed by atoms with Gasteiger partial charge in [-0.05, 0) is 12.3 Å². The third kappa shape index (κ3) is 4.95. The quantitative estimate of drug-likeness (QED) is 0.751. The molecule has 0 fully saturated rings. The fourth-order valence-electron chi connectivity index (χ4n) is 1.49. The summed E-state index contributed by atoms with van der Waals surface area (Å²) >= 11 is 0. The van der Waals surface area contributed by atoms with E-state index in [4.69, 9.17) is 10.3 Å². The molecule has 1 heterocycles. The summed E-state index contributed by atoms with van der Waals surface area (Å²) in [6.07, 6.45) is 1.24. The smallest absolute Gasteiger partial charge is 0.236 e. The molecule has 17 heavy (non-hydrogen) atoms. The maximum absolute atomic E-state index is 11.6. The summed E-state index contributed by atoms with van der Waals surface area (Å²) < 4.78 is 4.82. The number of carbonyl (C=O) groups excluding carboxylic acids is 1. The van der Waals surface area contributed by atoms with Crippen LogP contribution >= 0.6 is 0 Å². The maximum atomic E-state index is 11.6. The highest BCUT2D eigenvalue weighted by Gasteiger charge is 2.14. The average molecular weight is 240 g/mol. The Morgan fingerprint density at radius 2 is 2.24 bits per heavy atom. The fourth-order valence-corrected chi connectivity index (χ4v) is 1.49. The summed E-state index contributed by atoms with van der Waals surface area (Å²) in [6, 6.07) is -0.443. The van der Waals surface area contributed by atoms with Crippen molar-refractivity contribution in [3.05, 3.63) is 11.7 Å². The van der Waals surface area contributed by atoms with Crippen molar-refractivity contribution in [1.29, 1.82) is 0 Å². The molecular formula is C11H20N4O2. The van der Waals surface area contributed by atoms with Gasteiger partial charge in [-0.2, -0.15) is 4.98 Å². The molecule has 1 aromatic rings. The molecule has 6 heteroatoms. The van der Waals surface area contributed by atoms with Crippen molar-refractivity contribution in [2.75, 3.05) is 6.54 Å². The number of aryl methyl sites for hydroxylation is 1. The molecule has 0 bridgehead atoms. The van der Waals surface area contributed by atoms with Crippen LogP contribution in [0.25, 0.3) is 0 Å². The van der Waals surface area contributed by atoms with E-state index in [-0.39, 0.29) is 5.91 Å². The van der Waals surface area contributed by atoms with Crippen LogP contribution in [0.4, 0.5) is 0 Å². The first-order valence-electron chi connectivity index (χ1n) is 5.81. The summed E-state index contributed by atoms with van der Waals surface area (Å²) in [7, 11) is 0. The lowest BCUT2D eigenvalue weighted by Crippen LogP contribution is -2.42. The second-order valence-electron chi connectivity index (χ2n) is 4.51. The highest BCUT2D eigenvalue weighted by Crippen LogP contribution is 2.02. The number of nitrogens with zero attached hydrogens (tertiary/aromatic N) is 2. The van der Waals surface area contributed by atoms with Crippen LogP contribution in [0.15, 0.2) is 4.52 Å². The number of rotatable bonds is 6. The molecule has 1 amide bonds. The zero-order valence-corrected chi connectivity index (χ0v) is 10.6. The topological polar surface area (TPSA) is 94.0 Å². The molecule has 0 aliphatic heterocycles. The third-order valence-corrected chi connectivity index (χ3v) is 2.28. The van der Waals surface area contributed by atoms with Crippen LogP contribution in [0.1, 0.15) is 32.0 Å². The molecular weight excluding hydrogens is 220 g/mol. The van der Waals surface area contributed by atoms with Gasteiger partial charge in [0, 0.05) is 19.9 Å². The van der Waals surface area contributed by atoms with Gasteiger partial charge in [-0.15, -0.1) is 0 Å². The van der Waals surface area contributed by atoms with E-state index < -0.39 is 6.04 Å². The van der Waals surface area contributed by atoms with Gasteiger partial charge in [0.05, 0.1) is 6.04 Å². The van der Waals surface area contributed by atoms with Gasteiger partial charge in [0.15, 0.2) is 5.82 Å². The van der Waals surface area contributed by atoms with Crippen molar-refractivity contribution in [3.63, 3.8) is 0 Å². The summed E-state index contributed by atoms with van der Waals surface area (Å²) in [5.74, 6) is 1.41. The summed E-state index contributed by atoms with van der Waals surface area (Å²) in [6.45, 7) is 6.28. The Morgan fingerprint density at radius 3 is 2.76 bits per heavy atom. The highest BCUT2D eigenvalue weighted by molar-refractivity contribution is 5.81. The molecule has 0 aliphatic carbocycles. The molecule has 0 spiro atoms. The summed E-state index contributed by atoms with van der Waals surface area (Å²) in [5.41, 5.74) is 5.74. The lowest BCUT2D eigenvalue weighted by Gasteiger charge is -2.13. The predicted octanol–water partition coefficient (Wildman–Crippen LogP) is 0.410. The largest absolute Gasteiger partial charge is 0.354 e. The second-order valence-corrected chi connectivity index (χ2v) is 4.51. The zero-order chi connectivity index (χ0) is 12.8. The number of carbonyl (C=O) groups is 1. The molecule has 0 aromatic carbocycles. The number of nitrogens with two attached hydrogens (primary N) is 1. The van der Waals surface area contributed by atoms with E-state index in [1.165, 1.54) is 0 Å². The molecule has 0 unspecified atom stereocenters. The molecule has 96 valence electrons. The average Bonchev–Trinajstić information content (AvgIpc) is 2.63. The van der Waals surface area contributed by atoms with Gasteiger partial charge in [-0.1, -0.05) is 19.0 Å². The van der Waals surface area contributed by atoms with Gasteiger partial charge in [0.2, 0.25) is 11.8 Å². The maximum Gasteiger partial charge on any atom is 0.236 e. The van der Waals surface area contributed by atoms with Crippen molar-refractivity contribution in [1.82, 2.24) is 15.5 Å². The standard InChI is InChI=1S/C11H20N4O2/c1-7(2)6-9(12)11(16)13-5-4-10-14-8(3)17-15-10/h7,9H,4-6,12H2,1-3H3,(H,13,16)/t9-/m1/s1. The van der Waals surface area contributed by atoms with Crippen LogP contribution < -0.4 is 11.1 Å². The minimum Gasteiger partial charge on any atom is -0.354 e. The zero-order valence-electron chi connectivity index (χ0n) is 10.6. The van der Waals surface area contributed by atoms with Crippen LogP contribution in [0.5, 0.6) is 0 Å². The molecule has 1 atom stereocenters. The fraction of sp³-hybridized carbons (Fsp3) is 0.727. The molecule has 1 rings (SSSR count). The number of aromatic nitrogens is 2. The first kappa shape index (κ1) is 13.6. The Hall–Kier alpha value is -1.43. The second kappa shape index (κ2) is 6.34. The third-order valence-electron chi connectivity index (χ3n) is 2.28. The van der Waals surface area contributed by atoms with Gasteiger partial charge < -0.3 is 15.6 Å². The lowest BCUT2D eigenvalue weighted by atomic mass is 10.0. The van der Waals surface area contributed by atoms with E-state index in [0.29, 0.717) is 37.0 Å². The lowest BCUT2D eigenvalue weighted by molar-refractivity contribution is -0.122. The molecule has 6 nitrogen and oxygen atoms in total. The van der Waals surface area contributed by atoms with E-state index in [9.17, 15) is 4.79 Å². The predicted molar refractivity (Wildman–Crippen MR) is 63.2 cm³/mol. The van der Waals surface area contributed by atoms with Gasteiger partial charge in [-0.3, -0.25) is 4.79 Å². The number of amides is 1. The Bertz CT molecular complexity index is 362. The molecule has 3 N–H and O–H groups in total. The molecule has 0 aliphatic rings. The monoisotopic (exact) mass is 240 g/mol. The van der Waals surface area contributed by atoms with Crippen LogP contribution in [-0.2, 0) is 11.2 Å². The molecule has 1 aromatic heterocycles. The van der Waals surface area contributed by atoms with Crippen LogP contribution in [0.3, 0.4) is 0 Å². The van der Waals surface area contributed by atoms with Crippen molar-refractivity contribution in [2.24, 2.45) is 11.7 Å². The van der Waals surface area contributed by atoms with Crippen LogP contribution in [0, 0.1) is 12.8 Å². The van der Waals surface area contributed by atoms with Gasteiger partial charge >= 0.3 is 0 Å². The first-order chi connectivity index (χ1) is 7.99. The Labute approximate surface area is 101 Å². The molecule has 0 radical (unpaired) electrons. The number of hydrogen-bond donors (Lipinski definition) is 2. The van der Waals surface area contributed by atoms with Crippen molar-refractivity contribution >= 4 is 5.91 Å². The molecule has 0 saturated carbocycles. The van der Waals surface area contributed by atoms with Crippen LogP contribution in [0.2, 0.25) is 0 Å². The number of nitrogens with one attached hydrogen (secondary N) is 1. The van der Waals surface area contributed by atoms with Crippen molar-refractivity contribution in [2.45, 2.75) is 39.7 Å². The first-order valence-corrected chi connectivity index (χ1v) is 5.81. The minimum atomic E-state index is -0.443. The van der Waals surface area contributed by atoms with Gasteiger partial charge in [0.1, 0.15) is 0 Å².